The van der Waals surface area contributed by atoms with Gasteiger partial charge in [0.15, 0.2) is 5.56 Å². The average Bonchev–Trinajstić information content (AvgIpc) is 3.09. The van der Waals surface area contributed by atoms with Crippen molar-refractivity contribution >= 4 is 23.2 Å². The van der Waals surface area contributed by atoms with E-state index in [9.17, 15) is 9.90 Å². The molecule has 0 amide bonds. The molecule has 122 valence electrons. The quantitative estimate of drug-likeness (QED) is 0.456. The largest absolute Gasteiger partial charge is 0.506 e. The lowest BCUT2D eigenvalue weighted by atomic mass is 10.1. The summed E-state index contributed by atoms with van der Waals surface area (Å²) in [6, 6.07) is 16.0. The molecule has 0 aliphatic carbocycles. The van der Waals surface area contributed by atoms with Crippen LogP contribution in [0.4, 0.5) is 6.01 Å². The highest BCUT2D eigenvalue weighted by molar-refractivity contribution is 5.88. The van der Waals surface area contributed by atoms with Crippen LogP contribution in [0, 0.1) is 0 Å². The molecule has 7 heteroatoms. The van der Waals surface area contributed by atoms with E-state index in [1.807, 2.05) is 30.3 Å². The van der Waals surface area contributed by atoms with Gasteiger partial charge in [-0.25, -0.2) is 9.79 Å². The molecule has 0 aliphatic heterocycles. The molecule has 0 atom stereocenters. The Bertz CT molecular complexity index is 1130. The van der Waals surface area contributed by atoms with E-state index >= 15 is 0 Å². The van der Waals surface area contributed by atoms with E-state index in [-0.39, 0.29) is 28.8 Å². The normalized spacial score (nSPS) is 11.4. The van der Waals surface area contributed by atoms with E-state index in [1.165, 1.54) is 0 Å². The summed E-state index contributed by atoms with van der Waals surface area (Å²) < 4.78 is 10.5. The summed E-state index contributed by atoms with van der Waals surface area (Å²) in [5.74, 6) is -0.425. The zero-order valence-electron chi connectivity index (χ0n) is 12.8. The smallest absolute Gasteiger partial charge is 0.353 e. The molecular formula is C18H11N3O4. The predicted octanol–water partition coefficient (Wildman–Crippen LogP) is 3.30. The molecule has 4 rings (SSSR count). The van der Waals surface area contributed by atoms with Crippen LogP contribution in [-0.4, -0.2) is 21.5 Å². The molecule has 2 aromatic carbocycles. The zero-order chi connectivity index (χ0) is 17.2. The van der Waals surface area contributed by atoms with Gasteiger partial charge in [0, 0.05) is 6.21 Å². The standard InChI is InChI=1S/C18H11N3O4/c22-15-12-8-4-5-9-13(12)24-17(23)14(15)16-20-21-18(25-16)19-10-11-6-2-1-3-7-11/h1-10,22H/b19-10+. The van der Waals surface area contributed by atoms with E-state index in [1.54, 1.807) is 30.5 Å². The Morgan fingerprint density at radius 3 is 2.56 bits per heavy atom. The van der Waals surface area contributed by atoms with E-state index < -0.39 is 5.63 Å². The minimum absolute atomic E-state index is 0.0363. The Morgan fingerprint density at radius 1 is 0.960 bits per heavy atom. The number of benzene rings is 2. The number of hydrogen-bond acceptors (Lipinski definition) is 7. The molecule has 2 aromatic heterocycles. The SMILES string of the molecule is O=c1oc2ccccc2c(O)c1-c1nnc(/N=C/c2ccccc2)o1. The molecule has 4 aromatic rings. The van der Waals surface area contributed by atoms with E-state index in [2.05, 4.69) is 15.2 Å². The number of hydrogen-bond donors (Lipinski definition) is 1. The third kappa shape index (κ3) is 2.78. The fraction of sp³-hybridized carbons (Fsp3) is 0. The predicted molar refractivity (Wildman–Crippen MR) is 91.1 cm³/mol. The van der Waals surface area contributed by atoms with Crippen molar-refractivity contribution in [2.75, 3.05) is 0 Å². The Labute approximate surface area is 140 Å². The summed E-state index contributed by atoms with van der Waals surface area (Å²) >= 11 is 0. The molecule has 7 nitrogen and oxygen atoms in total. The minimum Gasteiger partial charge on any atom is -0.506 e. The van der Waals surface area contributed by atoms with Crippen LogP contribution in [0.3, 0.4) is 0 Å². The van der Waals surface area contributed by atoms with Crippen LogP contribution in [0.15, 0.2) is 73.2 Å². The van der Waals surface area contributed by atoms with Crippen molar-refractivity contribution in [3.8, 4) is 17.2 Å². The molecule has 0 bridgehead atoms. The molecule has 0 saturated heterocycles. The van der Waals surface area contributed by atoms with Gasteiger partial charge in [0.25, 0.3) is 5.89 Å². The van der Waals surface area contributed by atoms with Crippen molar-refractivity contribution in [3.63, 3.8) is 0 Å². The average molecular weight is 333 g/mol. The number of aromatic hydroxyl groups is 1. The summed E-state index contributed by atoms with van der Waals surface area (Å²) in [6.07, 6.45) is 1.56. The Morgan fingerprint density at radius 2 is 1.72 bits per heavy atom. The first kappa shape index (κ1) is 14.8. The van der Waals surface area contributed by atoms with E-state index in [4.69, 9.17) is 8.83 Å². The van der Waals surface area contributed by atoms with Crippen LogP contribution in [-0.2, 0) is 0 Å². The molecule has 25 heavy (non-hydrogen) atoms. The van der Waals surface area contributed by atoms with Gasteiger partial charge in [-0.05, 0) is 17.7 Å². The molecule has 1 N–H and O–H groups in total. The van der Waals surface area contributed by atoms with Gasteiger partial charge in [0.2, 0.25) is 0 Å². The van der Waals surface area contributed by atoms with E-state index in [0.717, 1.165) is 5.56 Å². The van der Waals surface area contributed by atoms with Gasteiger partial charge in [-0.3, -0.25) is 0 Å². The number of para-hydroxylation sites is 1. The van der Waals surface area contributed by atoms with E-state index in [0.29, 0.717) is 5.39 Å². The zero-order valence-corrected chi connectivity index (χ0v) is 12.8. The first-order valence-corrected chi connectivity index (χ1v) is 7.40. The molecule has 2 heterocycles. The molecule has 0 fully saturated rings. The van der Waals surface area contributed by atoms with Gasteiger partial charge in [-0.1, -0.05) is 47.6 Å². The Hall–Kier alpha value is -3.74. The summed E-state index contributed by atoms with van der Waals surface area (Å²) in [7, 11) is 0. The maximum atomic E-state index is 12.2. The lowest BCUT2D eigenvalue weighted by molar-refractivity contribution is 0.465. The van der Waals surface area contributed by atoms with Gasteiger partial charge in [-0.2, -0.15) is 0 Å². The second-order valence-corrected chi connectivity index (χ2v) is 5.17. The van der Waals surface area contributed by atoms with Crippen LogP contribution < -0.4 is 5.63 Å². The topological polar surface area (TPSA) is 102 Å². The molecule has 0 unspecified atom stereocenters. The third-order valence-corrected chi connectivity index (χ3v) is 3.54. The monoisotopic (exact) mass is 333 g/mol. The first-order chi connectivity index (χ1) is 12.2. The van der Waals surface area contributed by atoms with Gasteiger partial charge < -0.3 is 13.9 Å². The highest BCUT2D eigenvalue weighted by atomic mass is 16.4. The van der Waals surface area contributed by atoms with Gasteiger partial charge >= 0.3 is 11.6 Å². The number of aliphatic imine (C=N–C) groups is 1. The summed E-state index contributed by atoms with van der Waals surface area (Å²) in [4.78, 5) is 16.2. The lowest BCUT2D eigenvalue weighted by Gasteiger charge is -2.02. The van der Waals surface area contributed by atoms with Crippen LogP contribution in [0.2, 0.25) is 0 Å². The van der Waals surface area contributed by atoms with Gasteiger partial charge in [0.05, 0.1) is 5.39 Å². The number of aromatic nitrogens is 2. The van der Waals surface area contributed by atoms with Crippen LogP contribution in [0.25, 0.3) is 22.4 Å². The maximum Gasteiger partial charge on any atom is 0.353 e. The fourth-order valence-electron chi connectivity index (χ4n) is 2.36. The molecule has 0 radical (unpaired) electrons. The number of nitrogens with zero attached hydrogens (tertiary/aromatic N) is 3. The summed E-state index contributed by atoms with van der Waals surface area (Å²) in [6.45, 7) is 0. The number of fused-ring (bicyclic) bond motifs is 1. The molecule has 0 spiro atoms. The van der Waals surface area contributed by atoms with Crippen LogP contribution >= 0.6 is 0 Å². The minimum atomic E-state index is -0.765. The molecule has 0 aliphatic rings. The highest BCUT2D eigenvalue weighted by Gasteiger charge is 2.21. The molecular weight excluding hydrogens is 322 g/mol. The summed E-state index contributed by atoms with van der Waals surface area (Å²) in [5.41, 5.74) is 0.178. The van der Waals surface area contributed by atoms with Crippen molar-refractivity contribution in [2.45, 2.75) is 0 Å². The fourth-order valence-corrected chi connectivity index (χ4v) is 2.36. The second kappa shape index (κ2) is 6.04. The Kier molecular flexibility index (Phi) is 3.59. The first-order valence-electron chi connectivity index (χ1n) is 7.40. The van der Waals surface area contributed by atoms with Crippen molar-refractivity contribution < 1.29 is 13.9 Å². The molecule has 0 saturated carbocycles. The van der Waals surface area contributed by atoms with Gasteiger partial charge in [0.1, 0.15) is 11.3 Å². The summed E-state index contributed by atoms with van der Waals surface area (Å²) in [5, 5.41) is 18.3. The van der Waals surface area contributed by atoms with Crippen molar-refractivity contribution in [1.29, 1.82) is 0 Å². The maximum absolute atomic E-state index is 12.2. The van der Waals surface area contributed by atoms with Crippen LogP contribution in [0.1, 0.15) is 5.56 Å². The van der Waals surface area contributed by atoms with Gasteiger partial charge in [-0.15, -0.1) is 5.10 Å². The number of rotatable bonds is 3. The van der Waals surface area contributed by atoms with Crippen LogP contribution in [0.5, 0.6) is 5.75 Å². The van der Waals surface area contributed by atoms with Crippen molar-refractivity contribution in [2.24, 2.45) is 4.99 Å². The van der Waals surface area contributed by atoms with Crippen molar-refractivity contribution in [1.82, 2.24) is 10.2 Å². The second-order valence-electron chi connectivity index (χ2n) is 5.17. The third-order valence-electron chi connectivity index (χ3n) is 3.54. The highest BCUT2D eigenvalue weighted by Crippen LogP contribution is 2.32. The lowest BCUT2D eigenvalue weighted by Crippen LogP contribution is -2.03. The Balaban J connectivity index is 1.74. The van der Waals surface area contributed by atoms with Crippen molar-refractivity contribution in [3.05, 3.63) is 70.6 Å².